The lowest BCUT2D eigenvalue weighted by molar-refractivity contribution is -0.385. The van der Waals surface area contributed by atoms with Gasteiger partial charge in [-0.15, -0.1) is 0 Å². The highest BCUT2D eigenvalue weighted by Gasteiger charge is 2.26. The van der Waals surface area contributed by atoms with Gasteiger partial charge in [-0.05, 0) is 72.3 Å². The quantitative estimate of drug-likeness (QED) is 0.136. The van der Waals surface area contributed by atoms with E-state index in [0.29, 0.717) is 38.4 Å². The molecule has 0 saturated carbocycles. The molecule has 3 rings (SSSR count). The molecular formula is C21H17IN2O7. The van der Waals surface area contributed by atoms with Crippen LogP contribution in [0.3, 0.4) is 0 Å². The largest absolute Gasteiger partial charge is 0.490 e. The minimum Gasteiger partial charge on any atom is -0.490 e. The number of carbonyl (C=O) groups is 2. The van der Waals surface area contributed by atoms with Crippen LogP contribution in [0.5, 0.6) is 11.5 Å². The highest BCUT2D eigenvalue weighted by molar-refractivity contribution is 14.1. The van der Waals surface area contributed by atoms with Gasteiger partial charge in [0, 0.05) is 24.1 Å². The molecule has 2 aromatic carbocycles. The van der Waals surface area contributed by atoms with E-state index in [-0.39, 0.29) is 17.3 Å². The van der Waals surface area contributed by atoms with Gasteiger partial charge >= 0.3 is 11.9 Å². The number of cyclic esters (lactones) is 1. The topological polar surface area (TPSA) is 117 Å². The molecule has 0 N–H and O–H groups in total. The van der Waals surface area contributed by atoms with Gasteiger partial charge in [-0.25, -0.2) is 9.79 Å². The molecule has 0 saturated heterocycles. The zero-order valence-corrected chi connectivity index (χ0v) is 19.0. The molecule has 31 heavy (non-hydrogen) atoms. The number of hydrogen-bond acceptors (Lipinski definition) is 8. The zero-order chi connectivity index (χ0) is 22.7. The molecule has 0 radical (unpaired) electrons. The highest BCUT2D eigenvalue weighted by atomic mass is 127. The molecule has 2 aromatic rings. The maximum atomic E-state index is 12.3. The number of esters is 2. The monoisotopic (exact) mass is 536 g/mol. The van der Waals surface area contributed by atoms with Crippen molar-refractivity contribution in [1.82, 2.24) is 0 Å². The van der Waals surface area contributed by atoms with Crippen molar-refractivity contribution < 1.29 is 28.7 Å². The van der Waals surface area contributed by atoms with Crippen LogP contribution in [-0.4, -0.2) is 29.4 Å². The number of ether oxygens (including phenoxy) is 3. The lowest BCUT2D eigenvalue weighted by atomic mass is 10.1. The number of carbonyl (C=O) groups excluding carboxylic acids is 2. The molecule has 10 heteroatoms. The first-order valence-electron chi connectivity index (χ1n) is 9.12. The van der Waals surface area contributed by atoms with Crippen LogP contribution < -0.4 is 9.47 Å². The molecule has 1 heterocycles. The number of aryl methyl sites for hydroxylation is 1. The maximum absolute atomic E-state index is 12.3. The number of benzene rings is 2. The summed E-state index contributed by atoms with van der Waals surface area (Å²) in [6.45, 7) is 5.05. The van der Waals surface area contributed by atoms with Crippen LogP contribution in [0.25, 0.3) is 6.08 Å². The van der Waals surface area contributed by atoms with Crippen molar-refractivity contribution in [1.29, 1.82) is 0 Å². The smallest absolute Gasteiger partial charge is 0.363 e. The predicted molar refractivity (Wildman–Crippen MR) is 120 cm³/mol. The number of rotatable bonds is 6. The standard InChI is InChI=1S/C21H17IN2O7/c1-4-29-18-10-13(8-15(22)19(18)30-12(3)25)9-16-21(26)31-20(23-16)14-5-6-17(24(27)28)11(2)7-14/h5-10H,4H2,1-3H3/b16-9-. The van der Waals surface area contributed by atoms with Gasteiger partial charge in [0.1, 0.15) is 0 Å². The van der Waals surface area contributed by atoms with Crippen molar-refractivity contribution in [2.75, 3.05) is 6.61 Å². The molecule has 1 aliphatic heterocycles. The zero-order valence-electron chi connectivity index (χ0n) is 16.8. The summed E-state index contributed by atoms with van der Waals surface area (Å²) in [6.07, 6.45) is 1.52. The Bertz CT molecular complexity index is 1150. The van der Waals surface area contributed by atoms with Gasteiger partial charge in [-0.3, -0.25) is 14.9 Å². The van der Waals surface area contributed by atoms with E-state index in [1.54, 1.807) is 26.0 Å². The summed E-state index contributed by atoms with van der Waals surface area (Å²) in [5.41, 5.74) is 1.51. The Balaban J connectivity index is 1.97. The van der Waals surface area contributed by atoms with Crippen LogP contribution in [0, 0.1) is 20.6 Å². The number of aliphatic imine (C=N–C) groups is 1. The first-order chi connectivity index (χ1) is 14.7. The van der Waals surface area contributed by atoms with E-state index in [0.717, 1.165) is 0 Å². The molecular weight excluding hydrogens is 519 g/mol. The van der Waals surface area contributed by atoms with Crippen molar-refractivity contribution in [3.63, 3.8) is 0 Å². The SMILES string of the molecule is CCOc1cc(/C=C2\N=C(c3ccc([N+](=O)[O-])c(C)c3)OC2=O)cc(I)c1OC(C)=O. The molecule has 0 unspecified atom stereocenters. The minimum atomic E-state index is -0.650. The average Bonchev–Trinajstić information content (AvgIpc) is 3.04. The molecule has 0 aliphatic carbocycles. The van der Waals surface area contributed by atoms with Gasteiger partial charge in [0.05, 0.1) is 15.1 Å². The molecule has 0 spiro atoms. The van der Waals surface area contributed by atoms with E-state index in [2.05, 4.69) is 4.99 Å². The minimum absolute atomic E-state index is 0.0321. The Morgan fingerprint density at radius 3 is 2.68 bits per heavy atom. The summed E-state index contributed by atoms with van der Waals surface area (Å²) in [4.78, 5) is 38.4. The van der Waals surface area contributed by atoms with Gasteiger partial charge in [-0.1, -0.05) is 0 Å². The molecule has 1 aliphatic rings. The van der Waals surface area contributed by atoms with Crippen LogP contribution in [0.1, 0.15) is 30.5 Å². The Morgan fingerprint density at radius 2 is 2.06 bits per heavy atom. The number of hydrogen-bond donors (Lipinski definition) is 0. The second-order valence-corrected chi connectivity index (χ2v) is 7.61. The van der Waals surface area contributed by atoms with E-state index in [1.807, 2.05) is 22.6 Å². The summed E-state index contributed by atoms with van der Waals surface area (Å²) < 4.78 is 16.7. The maximum Gasteiger partial charge on any atom is 0.363 e. The predicted octanol–water partition coefficient (Wildman–Crippen LogP) is 4.18. The third kappa shape index (κ3) is 5.08. The number of halogens is 1. The van der Waals surface area contributed by atoms with Crippen LogP contribution >= 0.6 is 22.6 Å². The third-order valence-electron chi connectivity index (χ3n) is 4.14. The van der Waals surface area contributed by atoms with Gasteiger partial charge in [-0.2, -0.15) is 0 Å². The lowest BCUT2D eigenvalue weighted by Crippen LogP contribution is -2.06. The van der Waals surface area contributed by atoms with E-state index in [9.17, 15) is 19.7 Å². The second kappa shape index (κ2) is 9.25. The van der Waals surface area contributed by atoms with Crippen LogP contribution in [0.4, 0.5) is 5.69 Å². The Kier molecular flexibility index (Phi) is 6.68. The summed E-state index contributed by atoms with van der Waals surface area (Å²) >= 11 is 2.01. The fourth-order valence-corrected chi connectivity index (χ4v) is 3.60. The summed E-state index contributed by atoms with van der Waals surface area (Å²) in [5.74, 6) is -0.403. The first kappa shape index (κ1) is 22.4. The van der Waals surface area contributed by atoms with E-state index < -0.39 is 16.9 Å². The molecule has 0 amide bonds. The molecule has 0 fully saturated rings. The van der Waals surface area contributed by atoms with Crippen molar-refractivity contribution in [3.05, 3.63) is 66.4 Å². The summed E-state index contributed by atoms with van der Waals surface area (Å²) in [6, 6.07) is 7.70. The third-order valence-corrected chi connectivity index (χ3v) is 4.94. The highest BCUT2D eigenvalue weighted by Crippen LogP contribution is 2.35. The fourth-order valence-electron chi connectivity index (χ4n) is 2.86. The van der Waals surface area contributed by atoms with Gasteiger partial charge in [0.15, 0.2) is 17.2 Å². The molecule has 9 nitrogen and oxygen atoms in total. The summed E-state index contributed by atoms with van der Waals surface area (Å²) in [5, 5.41) is 11.0. The van der Waals surface area contributed by atoms with Crippen molar-refractivity contribution in [2.45, 2.75) is 20.8 Å². The number of nitrogens with zero attached hydrogens (tertiary/aromatic N) is 2. The normalized spacial score (nSPS) is 14.3. The van der Waals surface area contributed by atoms with Crippen molar-refractivity contribution >= 4 is 52.2 Å². The fraction of sp³-hybridized carbons (Fsp3) is 0.190. The van der Waals surface area contributed by atoms with E-state index >= 15 is 0 Å². The molecule has 0 atom stereocenters. The number of nitro groups is 1. The summed E-state index contributed by atoms with van der Waals surface area (Å²) in [7, 11) is 0. The molecule has 160 valence electrons. The van der Waals surface area contributed by atoms with Crippen LogP contribution in [0.15, 0.2) is 41.0 Å². The van der Waals surface area contributed by atoms with Crippen molar-refractivity contribution in [3.8, 4) is 11.5 Å². The van der Waals surface area contributed by atoms with Crippen LogP contribution in [0.2, 0.25) is 0 Å². The second-order valence-electron chi connectivity index (χ2n) is 6.45. The van der Waals surface area contributed by atoms with Crippen molar-refractivity contribution in [2.24, 2.45) is 4.99 Å². The lowest BCUT2D eigenvalue weighted by Gasteiger charge is -2.12. The van der Waals surface area contributed by atoms with E-state index in [4.69, 9.17) is 14.2 Å². The Labute approximate surface area is 191 Å². The van der Waals surface area contributed by atoms with Gasteiger partial charge in [0.25, 0.3) is 5.69 Å². The van der Waals surface area contributed by atoms with Gasteiger partial charge in [0.2, 0.25) is 5.90 Å². The molecule has 0 aromatic heterocycles. The Hall–Kier alpha value is -3.28. The average molecular weight is 536 g/mol. The van der Waals surface area contributed by atoms with Gasteiger partial charge < -0.3 is 14.2 Å². The first-order valence-corrected chi connectivity index (χ1v) is 10.2. The number of nitro benzene ring substituents is 1. The van der Waals surface area contributed by atoms with Crippen LogP contribution in [-0.2, 0) is 14.3 Å². The van der Waals surface area contributed by atoms with E-state index in [1.165, 1.54) is 31.2 Å². The molecule has 0 bridgehead atoms. The Morgan fingerprint density at radius 1 is 1.32 bits per heavy atom.